The van der Waals surface area contributed by atoms with Crippen molar-refractivity contribution in [3.8, 4) is 0 Å². The minimum absolute atomic E-state index is 0.201. The molecule has 0 amide bonds. The van der Waals surface area contributed by atoms with Crippen LogP contribution in [0, 0.1) is 13.8 Å². The summed E-state index contributed by atoms with van der Waals surface area (Å²) in [5.41, 5.74) is 1.09. The SMILES string of the molecule is Cc1nnc2/c(=C(/[O-])c3ccccc3)c(C)nn2c1=O.N[NH3+]. The minimum Gasteiger partial charge on any atom is -0.872 e. The standard InChI is InChI=1S/C14H12N4O2.H4N2/c1-8-11(12(19)10-6-4-3-5-7-10)13-16-15-9(2)14(20)18(13)17-8;1-2/h3-7,19H,1-2H3;1-2H2/b12-11+;. The Balaban J connectivity index is 0.000000847. The second kappa shape index (κ2) is 6.29. The lowest BCUT2D eigenvalue weighted by Crippen LogP contribution is -2.59. The molecular weight excluding hydrogens is 284 g/mol. The zero-order valence-corrected chi connectivity index (χ0v) is 12.3. The van der Waals surface area contributed by atoms with Crippen molar-refractivity contribution in [1.29, 1.82) is 0 Å². The van der Waals surface area contributed by atoms with E-state index in [1.54, 1.807) is 38.1 Å². The van der Waals surface area contributed by atoms with Gasteiger partial charge in [0.15, 0.2) is 5.65 Å². The molecule has 0 spiro atoms. The molecule has 8 heteroatoms. The van der Waals surface area contributed by atoms with Gasteiger partial charge in [0.25, 0.3) is 5.56 Å². The summed E-state index contributed by atoms with van der Waals surface area (Å²) < 4.78 is 1.13. The van der Waals surface area contributed by atoms with E-state index in [0.29, 0.717) is 16.5 Å². The van der Waals surface area contributed by atoms with Crippen LogP contribution in [0.3, 0.4) is 0 Å². The molecule has 0 unspecified atom stereocenters. The van der Waals surface area contributed by atoms with Crippen molar-refractivity contribution in [2.24, 2.45) is 5.84 Å². The van der Waals surface area contributed by atoms with E-state index in [2.05, 4.69) is 27.0 Å². The number of nitrogens with two attached hydrogens (primary N) is 1. The predicted octanol–water partition coefficient (Wildman–Crippen LogP) is -2.56. The summed E-state index contributed by atoms with van der Waals surface area (Å²) in [6, 6.07) is 8.82. The third-order valence-electron chi connectivity index (χ3n) is 3.10. The number of aryl methyl sites for hydroxylation is 2. The summed E-state index contributed by atoms with van der Waals surface area (Å²) in [5, 5.41) is 24.7. The zero-order valence-electron chi connectivity index (χ0n) is 12.3. The Morgan fingerprint density at radius 1 is 1.14 bits per heavy atom. The molecule has 0 atom stereocenters. The summed E-state index contributed by atoms with van der Waals surface area (Å²) in [7, 11) is 0. The van der Waals surface area contributed by atoms with Crippen LogP contribution in [0.5, 0.6) is 0 Å². The second-order valence-corrected chi connectivity index (χ2v) is 4.48. The van der Waals surface area contributed by atoms with Gasteiger partial charge in [-0.25, -0.2) is 0 Å². The monoisotopic (exact) mass is 300 g/mol. The quantitative estimate of drug-likeness (QED) is 0.374. The molecule has 0 bridgehead atoms. The van der Waals surface area contributed by atoms with E-state index in [4.69, 9.17) is 0 Å². The Morgan fingerprint density at radius 3 is 2.41 bits per heavy atom. The molecule has 0 aliphatic rings. The van der Waals surface area contributed by atoms with Gasteiger partial charge in [-0.3, -0.25) is 10.6 Å². The molecule has 2 aromatic heterocycles. The molecule has 22 heavy (non-hydrogen) atoms. The van der Waals surface area contributed by atoms with Crippen molar-refractivity contribution in [2.45, 2.75) is 13.8 Å². The van der Waals surface area contributed by atoms with E-state index in [9.17, 15) is 9.90 Å². The van der Waals surface area contributed by atoms with Crippen LogP contribution in [-0.2, 0) is 0 Å². The average Bonchev–Trinajstić information content (AvgIpc) is 2.90. The molecule has 2 heterocycles. The highest BCUT2D eigenvalue weighted by Gasteiger charge is 2.10. The van der Waals surface area contributed by atoms with Gasteiger partial charge >= 0.3 is 0 Å². The fourth-order valence-electron chi connectivity index (χ4n) is 2.07. The van der Waals surface area contributed by atoms with Gasteiger partial charge in [-0.1, -0.05) is 36.1 Å². The summed E-state index contributed by atoms with van der Waals surface area (Å²) >= 11 is 0. The number of aromatic nitrogens is 4. The lowest BCUT2D eigenvalue weighted by Gasteiger charge is -2.11. The third-order valence-corrected chi connectivity index (χ3v) is 3.10. The van der Waals surface area contributed by atoms with E-state index in [0.717, 1.165) is 4.52 Å². The Hall–Kier alpha value is -2.84. The van der Waals surface area contributed by atoms with Crippen molar-refractivity contribution < 1.29 is 10.9 Å². The number of quaternary nitrogens is 1. The molecule has 114 valence electrons. The molecule has 0 saturated carbocycles. The van der Waals surface area contributed by atoms with Gasteiger partial charge in [0.05, 0.1) is 5.69 Å². The van der Waals surface area contributed by atoms with Crippen LogP contribution in [0.4, 0.5) is 0 Å². The Kier molecular flexibility index (Phi) is 4.44. The van der Waals surface area contributed by atoms with Gasteiger partial charge in [0.2, 0.25) is 0 Å². The van der Waals surface area contributed by atoms with E-state index in [-0.39, 0.29) is 22.7 Å². The van der Waals surface area contributed by atoms with Crippen LogP contribution in [0.25, 0.3) is 11.4 Å². The Bertz CT molecular complexity index is 904. The number of nitrogens with zero attached hydrogens (tertiary/aromatic N) is 4. The van der Waals surface area contributed by atoms with Gasteiger partial charge in [0, 0.05) is 5.22 Å². The summed E-state index contributed by atoms with van der Waals surface area (Å²) in [6.45, 7) is 3.24. The lowest BCUT2D eigenvalue weighted by molar-refractivity contribution is -0.379. The third kappa shape index (κ3) is 2.52. The Labute approximate surface area is 125 Å². The summed E-state index contributed by atoms with van der Waals surface area (Å²) in [6.07, 6.45) is 0. The lowest BCUT2D eigenvalue weighted by atomic mass is 10.1. The number of benzene rings is 1. The molecule has 8 nitrogen and oxygen atoms in total. The van der Waals surface area contributed by atoms with Crippen molar-refractivity contribution in [3.05, 3.63) is 62.9 Å². The highest BCUT2D eigenvalue weighted by molar-refractivity contribution is 5.63. The van der Waals surface area contributed by atoms with E-state index < -0.39 is 0 Å². The van der Waals surface area contributed by atoms with Crippen molar-refractivity contribution in [3.63, 3.8) is 0 Å². The topological polar surface area (TPSA) is 137 Å². The normalized spacial score (nSPS) is 11.8. The molecule has 3 aromatic rings. The fraction of sp³-hybridized carbons (Fsp3) is 0.143. The van der Waals surface area contributed by atoms with Gasteiger partial charge in [0.1, 0.15) is 5.69 Å². The van der Waals surface area contributed by atoms with Crippen molar-refractivity contribution in [1.82, 2.24) is 19.8 Å². The average molecular weight is 300 g/mol. The van der Waals surface area contributed by atoms with Crippen LogP contribution in [0.1, 0.15) is 17.0 Å². The van der Waals surface area contributed by atoms with Crippen molar-refractivity contribution in [2.75, 3.05) is 0 Å². The number of fused-ring (bicyclic) bond motifs is 1. The Morgan fingerprint density at radius 2 is 1.77 bits per heavy atom. The molecule has 0 aliphatic carbocycles. The zero-order chi connectivity index (χ0) is 16.3. The van der Waals surface area contributed by atoms with Gasteiger partial charge in [-0.15, -0.1) is 10.2 Å². The van der Waals surface area contributed by atoms with Gasteiger partial charge < -0.3 is 5.11 Å². The van der Waals surface area contributed by atoms with Crippen molar-refractivity contribution >= 4 is 11.4 Å². The number of hydrogen-bond donors (Lipinski definition) is 2. The maximum Gasteiger partial charge on any atom is 0.296 e. The van der Waals surface area contributed by atoms with Gasteiger partial charge in [-0.05, 0) is 19.4 Å². The van der Waals surface area contributed by atoms with E-state index >= 15 is 0 Å². The number of hydrogen-bond acceptors (Lipinski definition) is 6. The second-order valence-electron chi connectivity index (χ2n) is 4.48. The predicted molar refractivity (Wildman–Crippen MR) is 77.8 cm³/mol. The summed E-state index contributed by atoms with van der Waals surface area (Å²) in [5.74, 6) is 6.79. The maximum atomic E-state index is 12.5. The molecule has 0 saturated heterocycles. The molecule has 0 fully saturated rings. The fourth-order valence-corrected chi connectivity index (χ4v) is 2.07. The smallest absolute Gasteiger partial charge is 0.296 e. The first-order valence-electron chi connectivity index (χ1n) is 6.50. The van der Waals surface area contributed by atoms with Crippen LogP contribution >= 0.6 is 0 Å². The molecule has 3 rings (SSSR count). The number of rotatable bonds is 1. The van der Waals surface area contributed by atoms with E-state index in [1.165, 1.54) is 0 Å². The molecular formula is C14H16N6O2. The first-order valence-corrected chi connectivity index (χ1v) is 6.50. The molecule has 5 N–H and O–H groups in total. The minimum atomic E-state index is -0.356. The first kappa shape index (κ1) is 15.5. The van der Waals surface area contributed by atoms with Crippen LogP contribution in [0.2, 0.25) is 0 Å². The molecule has 1 aromatic carbocycles. The molecule has 0 aliphatic heterocycles. The first-order chi connectivity index (χ1) is 10.6. The highest BCUT2D eigenvalue weighted by atomic mass is 16.3. The van der Waals surface area contributed by atoms with E-state index in [1.807, 2.05) is 6.07 Å². The van der Waals surface area contributed by atoms with Crippen LogP contribution in [0.15, 0.2) is 35.1 Å². The van der Waals surface area contributed by atoms with Crippen LogP contribution in [-0.4, -0.2) is 19.8 Å². The molecule has 0 radical (unpaired) electrons. The summed E-state index contributed by atoms with van der Waals surface area (Å²) in [4.78, 5) is 11.9. The van der Waals surface area contributed by atoms with Crippen LogP contribution < -0.4 is 27.6 Å². The highest BCUT2D eigenvalue weighted by Crippen LogP contribution is 2.06. The maximum absolute atomic E-state index is 12.5. The van der Waals surface area contributed by atoms with Gasteiger partial charge in [-0.2, -0.15) is 15.5 Å². The largest absolute Gasteiger partial charge is 0.872 e.